The minimum absolute atomic E-state index is 0.0343. The Balaban J connectivity index is 1.68. The van der Waals surface area contributed by atoms with Crippen LogP contribution in [0.1, 0.15) is 30.9 Å². The molecule has 0 radical (unpaired) electrons. The first-order chi connectivity index (χ1) is 12.5. The molecular weight excluding hydrogens is 397 g/mol. The van der Waals surface area contributed by atoms with Crippen molar-refractivity contribution in [3.63, 3.8) is 0 Å². The third-order valence-electron chi connectivity index (χ3n) is 4.83. The first kappa shape index (κ1) is 18.2. The van der Waals surface area contributed by atoms with Gasteiger partial charge in [0.15, 0.2) is 10.8 Å². The number of aromatic nitrogens is 3. The number of rotatable bonds is 1. The lowest BCUT2D eigenvalue weighted by Gasteiger charge is -2.21. The van der Waals surface area contributed by atoms with E-state index in [9.17, 15) is 26.7 Å². The Morgan fingerprint density at radius 1 is 1.37 bits per heavy atom. The molecule has 0 spiro atoms. The van der Waals surface area contributed by atoms with E-state index in [1.807, 2.05) is 0 Å². The van der Waals surface area contributed by atoms with Crippen molar-refractivity contribution in [2.75, 3.05) is 11.4 Å². The number of nitrogens with zero attached hydrogens (tertiary/aromatic N) is 4. The topological polar surface area (TPSA) is 62.5 Å². The Morgan fingerprint density at radius 2 is 2.11 bits per heavy atom. The van der Waals surface area contributed by atoms with Crippen molar-refractivity contribution in [2.24, 2.45) is 0 Å². The number of hydrogen-bond acceptors (Lipinski definition) is 3. The van der Waals surface area contributed by atoms with Gasteiger partial charge in [0.1, 0.15) is 5.92 Å². The van der Waals surface area contributed by atoms with Gasteiger partial charge in [-0.05, 0) is 6.42 Å². The second-order valence-electron chi connectivity index (χ2n) is 6.72. The van der Waals surface area contributed by atoms with Gasteiger partial charge >= 0.3 is 12.2 Å². The zero-order chi connectivity index (χ0) is 19.6. The van der Waals surface area contributed by atoms with Crippen LogP contribution in [-0.4, -0.2) is 45.3 Å². The summed E-state index contributed by atoms with van der Waals surface area (Å²) >= 11 is 5.77. The van der Waals surface area contributed by atoms with E-state index in [0.717, 1.165) is 15.6 Å². The highest BCUT2D eigenvalue weighted by molar-refractivity contribution is 6.29. The molecule has 6 nitrogen and oxygen atoms in total. The number of carbonyl (C=O) groups excluding carboxylic acids is 1. The number of nitrogens with one attached hydrogen (secondary N) is 1. The minimum Gasteiger partial charge on any atom is -0.335 e. The predicted molar refractivity (Wildman–Crippen MR) is 85.3 cm³/mol. The van der Waals surface area contributed by atoms with Gasteiger partial charge in [0.05, 0.1) is 17.6 Å². The largest absolute Gasteiger partial charge is 0.399 e. The number of amides is 2. The molecule has 0 saturated heterocycles. The maximum Gasteiger partial charge on any atom is 0.399 e. The van der Waals surface area contributed by atoms with E-state index < -0.39 is 43.1 Å². The zero-order valence-corrected chi connectivity index (χ0v) is 14.4. The van der Waals surface area contributed by atoms with Crippen LogP contribution in [0.5, 0.6) is 0 Å². The third kappa shape index (κ3) is 3.17. The number of carbonyl (C=O) groups is 1. The monoisotopic (exact) mass is 409 g/mol. The predicted octanol–water partition coefficient (Wildman–Crippen LogP) is 3.75. The van der Waals surface area contributed by atoms with E-state index in [4.69, 9.17) is 11.6 Å². The molecule has 3 heterocycles. The van der Waals surface area contributed by atoms with E-state index in [1.165, 1.54) is 6.07 Å². The van der Waals surface area contributed by atoms with Gasteiger partial charge in [0, 0.05) is 31.5 Å². The van der Waals surface area contributed by atoms with Gasteiger partial charge in [-0.1, -0.05) is 11.6 Å². The van der Waals surface area contributed by atoms with Gasteiger partial charge in [-0.3, -0.25) is 4.90 Å². The summed E-state index contributed by atoms with van der Waals surface area (Å²) in [7, 11) is 0. The molecule has 2 atom stereocenters. The van der Waals surface area contributed by atoms with Crippen LogP contribution in [-0.2, 0) is 0 Å². The van der Waals surface area contributed by atoms with Crippen LogP contribution in [0.2, 0.25) is 5.15 Å². The Labute approximate surface area is 154 Å². The molecule has 0 unspecified atom stereocenters. The van der Waals surface area contributed by atoms with Gasteiger partial charge in [-0.2, -0.15) is 18.3 Å². The molecule has 1 aliphatic carbocycles. The Hall–Kier alpha value is -2.17. The molecule has 12 heteroatoms. The minimum atomic E-state index is -4.64. The van der Waals surface area contributed by atoms with Crippen molar-refractivity contribution < 1.29 is 26.7 Å². The van der Waals surface area contributed by atoms with E-state index in [1.54, 1.807) is 0 Å². The van der Waals surface area contributed by atoms with Gasteiger partial charge in [0.2, 0.25) is 5.92 Å². The van der Waals surface area contributed by atoms with Crippen LogP contribution < -0.4 is 10.2 Å². The summed E-state index contributed by atoms with van der Waals surface area (Å²) in [5.74, 6) is -4.88. The molecular formula is C15H13ClF5N5O. The molecule has 146 valence electrons. The van der Waals surface area contributed by atoms with E-state index in [0.29, 0.717) is 0 Å². The summed E-state index contributed by atoms with van der Waals surface area (Å²) in [5, 5.41) is 6.19. The molecule has 1 fully saturated rings. The number of hydrogen-bond donors (Lipinski definition) is 1. The van der Waals surface area contributed by atoms with E-state index in [-0.39, 0.29) is 35.0 Å². The van der Waals surface area contributed by atoms with Crippen LogP contribution in [0.4, 0.5) is 32.4 Å². The summed E-state index contributed by atoms with van der Waals surface area (Å²) in [6.45, 7) is -0.688. The fourth-order valence-electron chi connectivity index (χ4n) is 3.59. The highest BCUT2D eigenvalue weighted by Crippen LogP contribution is 2.45. The number of halogens is 6. The van der Waals surface area contributed by atoms with Crippen molar-refractivity contribution in [2.45, 2.75) is 43.3 Å². The standard InChI is InChI=1S/C15H13ClF5N5O/c16-10-3-11-22-5-9-12(26(11)24-10)8(15(19,20)21)6-25(9)13(27)23-7-1-2-14(17,18)4-7/h3,5,7-8H,1-2,4,6H2,(H,23,27)/t7-,8+/m0/s1. The molecule has 2 aromatic rings. The van der Waals surface area contributed by atoms with Crippen molar-refractivity contribution in [3.05, 3.63) is 23.1 Å². The van der Waals surface area contributed by atoms with Crippen molar-refractivity contribution in [1.29, 1.82) is 0 Å². The molecule has 2 aromatic heterocycles. The number of urea groups is 1. The van der Waals surface area contributed by atoms with Crippen LogP contribution in [0.3, 0.4) is 0 Å². The molecule has 0 bridgehead atoms. The number of anilines is 1. The molecule has 1 saturated carbocycles. The van der Waals surface area contributed by atoms with Crippen molar-refractivity contribution in [3.8, 4) is 0 Å². The number of alkyl halides is 5. The normalized spacial score (nSPS) is 24.4. The second-order valence-corrected chi connectivity index (χ2v) is 7.10. The quantitative estimate of drug-likeness (QED) is 0.730. The summed E-state index contributed by atoms with van der Waals surface area (Å²) in [4.78, 5) is 17.4. The van der Waals surface area contributed by atoms with Gasteiger partial charge < -0.3 is 5.32 Å². The third-order valence-corrected chi connectivity index (χ3v) is 5.01. The molecule has 1 N–H and O–H groups in total. The molecule has 2 amide bonds. The summed E-state index contributed by atoms with van der Waals surface area (Å²) in [6, 6.07) is -0.361. The van der Waals surface area contributed by atoms with Gasteiger partial charge in [-0.15, -0.1) is 0 Å². The van der Waals surface area contributed by atoms with E-state index >= 15 is 0 Å². The van der Waals surface area contributed by atoms with Crippen LogP contribution in [0.25, 0.3) is 5.65 Å². The Morgan fingerprint density at radius 3 is 2.74 bits per heavy atom. The maximum atomic E-state index is 13.6. The van der Waals surface area contributed by atoms with Gasteiger partial charge in [-0.25, -0.2) is 23.1 Å². The SMILES string of the molecule is O=C(N[C@H]1CCC(F)(F)C1)N1C[C@@H](C(F)(F)F)c2c1cnc1cc(Cl)nn21. The fourth-order valence-corrected chi connectivity index (χ4v) is 3.77. The summed E-state index contributed by atoms with van der Waals surface area (Å²) < 4.78 is 68.3. The van der Waals surface area contributed by atoms with Crippen molar-refractivity contribution >= 4 is 29.0 Å². The lowest BCUT2D eigenvalue weighted by molar-refractivity contribution is -0.147. The molecule has 4 rings (SSSR count). The smallest absolute Gasteiger partial charge is 0.335 e. The average molecular weight is 410 g/mol. The summed E-state index contributed by atoms with van der Waals surface area (Å²) in [6.07, 6.45) is -4.34. The molecule has 0 aromatic carbocycles. The van der Waals surface area contributed by atoms with Gasteiger partial charge in [0.25, 0.3) is 0 Å². The van der Waals surface area contributed by atoms with Crippen LogP contribution in [0, 0.1) is 0 Å². The fraction of sp³-hybridized carbons (Fsp3) is 0.533. The second kappa shape index (κ2) is 5.91. The lowest BCUT2D eigenvalue weighted by atomic mass is 10.1. The first-order valence-corrected chi connectivity index (χ1v) is 8.50. The first-order valence-electron chi connectivity index (χ1n) is 8.12. The average Bonchev–Trinajstić information content (AvgIpc) is 3.19. The lowest BCUT2D eigenvalue weighted by Crippen LogP contribution is -2.44. The highest BCUT2D eigenvalue weighted by Gasteiger charge is 2.51. The zero-order valence-electron chi connectivity index (χ0n) is 13.6. The Kier molecular flexibility index (Phi) is 3.99. The maximum absolute atomic E-state index is 13.6. The van der Waals surface area contributed by atoms with Crippen LogP contribution >= 0.6 is 11.6 Å². The molecule has 27 heavy (non-hydrogen) atoms. The highest BCUT2D eigenvalue weighted by atomic mass is 35.5. The van der Waals surface area contributed by atoms with E-state index in [2.05, 4.69) is 15.4 Å². The summed E-state index contributed by atoms with van der Waals surface area (Å²) in [5.41, 5.74) is -0.219. The Bertz CT molecular complexity index is 914. The molecule has 2 aliphatic rings. The number of fused-ring (bicyclic) bond motifs is 3. The van der Waals surface area contributed by atoms with Crippen molar-refractivity contribution in [1.82, 2.24) is 19.9 Å². The van der Waals surface area contributed by atoms with Crippen LogP contribution in [0.15, 0.2) is 12.3 Å². The molecule has 1 aliphatic heterocycles.